The van der Waals surface area contributed by atoms with Crippen molar-refractivity contribution in [3.05, 3.63) is 34.9 Å². The van der Waals surface area contributed by atoms with Crippen LogP contribution in [0.5, 0.6) is 0 Å². The van der Waals surface area contributed by atoms with Gasteiger partial charge in [0.1, 0.15) is 6.10 Å². The number of hydrogen-bond acceptors (Lipinski definition) is 4. The molecule has 2 unspecified atom stereocenters. The molecule has 0 radical (unpaired) electrons. The first kappa shape index (κ1) is 13.2. The molecule has 0 heterocycles. The van der Waals surface area contributed by atoms with E-state index in [2.05, 4.69) is 0 Å². The van der Waals surface area contributed by atoms with Crippen LogP contribution in [-0.2, 0) is 0 Å². The molecular formula is C12H13NO4. The highest BCUT2D eigenvalue weighted by atomic mass is 16.4. The lowest BCUT2D eigenvalue weighted by atomic mass is 9.95. The molecule has 5 heteroatoms. The number of hydrogen-bond donors (Lipinski definition) is 3. The molecule has 0 spiro atoms. The minimum absolute atomic E-state index is 0.0747. The van der Waals surface area contributed by atoms with E-state index in [0.717, 1.165) is 0 Å². The van der Waals surface area contributed by atoms with Crippen molar-refractivity contribution in [1.82, 2.24) is 0 Å². The molecule has 2 atom stereocenters. The van der Waals surface area contributed by atoms with Crippen LogP contribution in [0, 0.1) is 18.3 Å². The third-order valence-corrected chi connectivity index (χ3v) is 2.59. The van der Waals surface area contributed by atoms with Gasteiger partial charge in [-0.1, -0.05) is 12.1 Å². The topological polar surface area (TPSA) is 102 Å². The Balaban J connectivity index is 3.11. The van der Waals surface area contributed by atoms with E-state index >= 15 is 0 Å². The predicted molar refractivity (Wildman–Crippen MR) is 59.3 cm³/mol. The van der Waals surface area contributed by atoms with Gasteiger partial charge in [-0.25, -0.2) is 4.79 Å². The van der Waals surface area contributed by atoms with Gasteiger partial charge in [-0.05, 0) is 24.1 Å². The second-order valence-electron chi connectivity index (χ2n) is 3.70. The lowest BCUT2D eigenvalue weighted by Crippen LogP contribution is -2.19. The van der Waals surface area contributed by atoms with Crippen LogP contribution in [0.3, 0.4) is 0 Å². The van der Waals surface area contributed by atoms with Crippen LogP contribution >= 0.6 is 0 Å². The third kappa shape index (κ3) is 2.81. The van der Waals surface area contributed by atoms with E-state index in [-0.39, 0.29) is 12.0 Å². The summed E-state index contributed by atoms with van der Waals surface area (Å²) >= 11 is 0. The molecule has 0 aromatic heterocycles. The number of carboxylic acid groups (broad SMARTS) is 1. The zero-order valence-corrected chi connectivity index (χ0v) is 9.29. The zero-order valence-electron chi connectivity index (χ0n) is 9.29. The summed E-state index contributed by atoms with van der Waals surface area (Å²) in [7, 11) is 0. The summed E-state index contributed by atoms with van der Waals surface area (Å²) in [4.78, 5) is 10.9. The largest absolute Gasteiger partial charge is 0.478 e. The number of benzene rings is 1. The van der Waals surface area contributed by atoms with Gasteiger partial charge in [0.2, 0.25) is 0 Å². The van der Waals surface area contributed by atoms with E-state index in [1.54, 1.807) is 13.0 Å². The van der Waals surface area contributed by atoms with Crippen molar-refractivity contribution in [3.8, 4) is 6.07 Å². The smallest absolute Gasteiger partial charge is 0.335 e. The van der Waals surface area contributed by atoms with E-state index in [9.17, 15) is 15.0 Å². The summed E-state index contributed by atoms with van der Waals surface area (Å²) in [6.07, 6.45) is -2.69. The summed E-state index contributed by atoms with van der Waals surface area (Å²) < 4.78 is 0. The molecule has 3 N–H and O–H groups in total. The van der Waals surface area contributed by atoms with E-state index in [0.29, 0.717) is 11.1 Å². The number of aromatic carboxylic acids is 1. The summed E-state index contributed by atoms with van der Waals surface area (Å²) in [5, 5.41) is 36.7. The highest BCUT2D eigenvalue weighted by Gasteiger charge is 2.22. The highest BCUT2D eigenvalue weighted by molar-refractivity contribution is 5.89. The van der Waals surface area contributed by atoms with Gasteiger partial charge in [0.25, 0.3) is 0 Å². The van der Waals surface area contributed by atoms with E-state index in [4.69, 9.17) is 10.4 Å². The molecule has 17 heavy (non-hydrogen) atoms. The van der Waals surface area contributed by atoms with Gasteiger partial charge in [0.05, 0.1) is 24.2 Å². The Hall–Kier alpha value is -1.90. The third-order valence-electron chi connectivity index (χ3n) is 2.59. The average molecular weight is 235 g/mol. The van der Waals surface area contributed by atoms with Crippen molar-refractivity contribution >= 4 is 5.97 Å². The molecule has 90 valence electrons. The van der Waals surface area contributed by atoms with Crippen LogP contribution in [0.1, 0.15) is 34.0 Å². The fourth-order valence-corrected chi connectivity index (χ4v) is 1.62. The Morgan fingerprint density at radius 3 is 2.65 bits per heavy atom. The van der Waals surface area contributed by atoms with Gasteiger partial charge in [0, 0.05) is 0 Å². The SMILES string of the molecule is Cc1c(C(=O)O)cccc1C(O)C(O)CC#N. The van der Waals surface area contributed by atoms with Gasteiger partial charge in [-0.3, -0.25) is 0 Å². The second kappa shape index (κ2) is 5.43. The maximum atomic E-state index is 10.9. The highest BCUT2D eigenvalue weighted by Crippen LogP contribution is 2.24. The van der Waals surface area contributed by atoms with Gasteiger partial charge in [0.15, 0.2) is 0 Å². The van der Waals surface area contributed by atoms with Gasteiger partial charge >= 0.3 is 5.97 Å². The molecule has 1 rings (SSSR count). The van der Waals surface area contributed by atoms with E-state index in [1.807, 2.05) is 0 Å². The normalized spacial score (nSPS) is 13.8. The second-order valence-corrected chi connectivity index (χ2v) is 3.70. The number of nitrogens with zero attached hydrogens (tertiary/aromatic N) is 1. The van der Waals surface area contributed by atoms with Crippen LogP contribution in [0.15, 0.2) is 18.2 Å². The molecule has 0 saturated carbocycles. The Morgan fingerprint density at radius 2 is 2.12 bits per heavy atom. The molecule has 0 bridgehead atoms. The van der Waals surface area contributed by atoms with Crippen molar-refractivity contribution in [2.45, 2.75) is 25.6 Å². The average Bonchev–Trinajstić information content (AvgIpc) is 2.28. The zero-order chi connectivity index (χ0) is 13.0. The number of nitriles is 1. The van der Waals surface area contributed by atoms with Crippen molar-refractivity contribution in [2.75, 3.05) is 0 Å². The number of rotatable bonds is 4. The van der Waals surface area contributed by atoms with Crippen molar-refractivity contribution in [2.24, 2.45) is 0 Å². The van der Waals surface area contributed by atoms with E-state index < -0.39 is 18.2 Å². The number of carbonyl (C=O) groups is 1. The standard InChI is InChI=1S/C12H13NO4/c1-7-8(11(15)10(14)5-6-13)3-2-4-9(7)12(16)17/h2-4,10-11,14-15H,5H2,1H3,(H,16,17). The Labute approximate surface area is 98.6 Å². The summed E-state index contributed by atoms with van der Waals surface area (Å²) in [6.45, 7) is 1.56. The number of aliphatic hydroxyl groups excluding tert-OH is 2. The van der Waals surface area contributed by atoms with Crippen LogP contribution in [0.4, 0.5) is 0 Å². The van der Waals surface area contributed by atoms with Crippen LogP contribution in [0.2, 0.25) is 0 Å². The van der Waals surface area contributed by atoms with Crippen molar-refractivity contribution in [3.63, 3.8) is 0 Å². The maximum absolute atomic E-state index is 10.9. The monoisotopic (exact) mass is 235 g/mol. The first-order valence-electron chi connectivity index (χ1n) is 5.05. The quantitative estimate of drug-likeness (QED) is 0.722. The van der Waals surface area contributed by atoms with Gasteiger partial charge < -0.3 is 15.3 Å². The first-order chi connectivity index (χ1) is 7.99. The summed E-state index contributed by atoms with van der Waals surface area (Å²) in [5.41, 5.74) is 0.794. The molecule has 5 nitrogen and oxygen atoms in total. The number of carboxylic acids is 1. The minimum Gasteiger partial charge on any atom is -0.478 e. The van der Waals surface area contributed by atoms with Crippen molar-refractivity contribution in [1.29, 1.82) is 5.26 Å². The van der Waals surface area contributed by atoms with Gasteiger partial charge in [-0.2, -0.15) is 5.26 Å². The molecule has 1 aromatic carbocycles. The molecule has 0 aliphatic heterocycles. The lowest BCUT2D eigenvalue weighted by Gasteiger charge is -2.18. The van der Waals surface area contributed by atoms with E-state index in [1.165, 1.54) is 18.2 Å². The fraction of sp³-hybridized carbons (Fsp3) is 0.333. The van der Waals surface area contributed by atoms with Crippen molar-refractivity contribution < 1.29 is 20.1 Å². The fourth-order valence-electron chi connectivity index (χ4n) is 1.62. The molecule has 0 fully saturated rings. The lowest BCUT2D eigenvalue weighted by molar-refractivity contribution is 0.0211. The first-order valence-corrected chi connectivity index (χ1v) is 5.05. The molecule has 0 saturated heterocycles. The maximum Gasteiger partial charge on any atom is 0.335 e. The molecule has 0 aliphatic rings. The summed E-state index contributed by atoms with van der Waals surface area (Å²) in [6, 6.07) is 6.20. The Bertz CT molecular complexity index is 464. The molecule has 0 amide bonds. The van der Waals surface area contributed by atoms with Crippen LogP contribution in [-0.4, -0.2) is 27.4 Å². The molecule has 1 aromatic rings. The number of aliphatic hydroxyl groups is 2. The summed E-state index contributed by atoms with van der Waals surface area (Å²) in [5.74, 6) is -1.09. The van der Waals surface area contributed by atoms with Crippen LogP contribution < -0.4 is 0 Å². The Morgan fingerprint density at radius 1 is 1.47 bits per heavy atom. The minimum atomic E-state index is -1.26. The molecule has 0 aliphatic carbocycles. The predicted octanol–water partition coefficient (Wildman–Crippen LogP) is 1.00. The van der Waals surface area contributed by atoms with Crippen LogP contribution in [0.25, 0.3) is 0 Å². The molecular weight excluding hydrogens is 222 g/mol. The Kier molecular flexibility index (Phi) is 4.21. The van der Waals surface area contributed by atoms with Gasteiger partial charge in [-0.15, -0.1) is 0 Å².